The van der Waals surface area contributed by atoms with Crippen LogP contribution < -0.4 is 0 Å². The number of carbonyl (C=O) groups is 1. The van der Waals surface area contributed by atoms with Gasteiger partial charge in [0, 0.05) is 7.11 Å². The molecular formula is C10H18F2O4. The van der Waals surface area contributed by atoms with Crippen molar-refractivity contribution < 1.29 is 28.2 Å². The maximum Gasteiger partial charge on any atom is 0.380 e. The summed E-state index contributed by atoms with van der Waals surface area (Å²) >= 11 is 0. The Labute approximate surface area is 93.5 Å². The first-order valence-electron chi connectivity index (χ1n) is 5.00. The van der Waals surface area contributed by atoms with E-state index in [1.807, 2.05) is 0 Å². The summed E-state index contributed by atoms with van der Waals surface area (Å²) in [5.41, 5.74) is -2.56. The van der Waals surface area contributed by atoms with E-state index >= 15 is 0 Å². The van der Waals surface area contributed by atoms with Gasteiger partial charge in [-0.25, -0.2) is 4.79 Å². The summed E-state index contributed by atoms with van der Waals surface area (Å²) in [5.74, 6) is -6.58. The van der Waals surface area contributed by atoms with Gasteiger partial charge in [0.05, 0.1) is 13.2 Å². The fraction of sp³-hybridized carbons (Fsp3) is 0.900. The lowest BCUT2D eigenvalue weighted by molar-refractivity contribution is -0.236. The highest BCUT2D eigenvalue weighted by atomic mass is 19.3. The topological polar surface area (TPSA) is 55.8 Å². The van der Waals surface area contributed by atoms with Crippen LogP contribution in [0.2, 0.25) is 0 Å². The van der Waals surface area contributed by atoms with Crippen molar-refractivity contribution in [1.29, 1.82) is 0 Å². The summed E-state index contributed by atoms with van der Waals surface area (Å²) in [6.07, 6.45) is 0. The van der Waals surface area contributed by atoms with Crippen molar-refractivity contribution in [2.45, 2.75) is 32.3 Å². The van der Waals surface area contributed by atoms with Crippen LogP contribution in [-0.2, 0) is 14.3 Å². The Morgan fingerprint density at radius 1 is 1.44 bits per heavy atom. The van der Waals surface area contributed by atoms with E-state index in [2.05, 4.69) is 9.47 Å². The van der Waals surface area contributed by atoms with Crippen molar-refractivity contribution in [3.05, 3.63) is 0 Å². The lowest BCUT2D eigenvalue weighted by Gasteiger charge is -2.36. The Kier molecular flexibility index (Phi) is 5.28. The predicted molar refractivity (Wildman–Crippen MR) is 53.2 cm³/mol. The number of methoxy groups -OCH3 is 1. The van der Waals surface area contributed by atoms with E-state index < -0.39 is 30.0 Å². The van der Waals surface area contributed by atoms with Crippen molar-refractivity contribution in [1.82, 2.24) is 0 Å². The molecule has 4 nitrogen and oxygen atoms in total. The maximum atomic E-state index is 13.7. The zero-order valence-corrected chi connectivity index (χ0v) is 9.92. The van der Waals surface area contributed by atoms with Gasteiger partial charge in [0.15, 0.2) is 5.60 Å². The molecule has 1 unspecified atom stereocenters. The highest BCUT2D eigenvalue weighted by molar-refractivity contribution is 5.79. The largest absolute Gasteiger partial charge is 0.461 e. The van der Waals surface area contributed by atoms with Gasteiger partial charge in [-0.15, -0.1) is 0 Å². The number of aliphatic hydroxyl groups is 1. The van der Waals surface area contributed by atoms with Crippen molar-refractivity contribution in [2.75, 3.05) is 20.3 Å². The van der Waals surface area contributed by atoms with E-state index in [1.165, 1.54) is 27.9 Å². The number of alkyl halides is 2. The Bertz CT molecular complexity index is 243. The number of ether oxygens (including phenoxy) is 2. The fourth-order valence-corrected chi connectivity index (χ4v) is 1.24. The van der Waals surface area contributed by atoms with Crippen LogP contribution in [0.1, 0.15) is 20.8 Å². The zero-order valence-electron chi connectivity index (χ0n) is 9.92. The van der Waals surface area contributed by atoms with Crippen molar-refractivity contribution in [3.8, 4) is 0 Å². The van der Waals surface area contributed by atoms with E-state index in [-0.39, 0.29) is 6.61 Å². The predicted octanol–water partition coefficient (Wildman–Crippen LogP) is 1.22. The van der Waals surface area contributed by atoms with Gasteiger partial charge in [-0.05, 0) is 12.8 Å². The summed E-state index contributed by atoms with van der Waals surface area (Å²) in [7, 11) is 1.18. The second-order valence-corrected chi connectivity index (χ2v) is 3.81. The molecule has 0 aliphatic rings. The monoisotopic (exact) mass is 240 g/mol. The number of rotatable bonds is 6. The molecule has 0 aliphatic heterocycles. The van der Waals surface area contributed by atoms with E-state index in [9.17, 15) is 18.7 Å². The Morgan fingerprint density at radius 3 is 2.25 bits per heavy atom. The number of hydrogen-bond acceptors (Lipinski definition) is 4. The van der Waals surface area contributed by atoms with E-state index in [0.29, 0.717) is 0 Å². The van der Waals surface area contributed by atoms with Gasteiger partial charge < -0.3 is 14.6 Å². The third kappa shape index (κ3) is 2.68. The van der Waals surface area contributed by atoms with Gasteiger partial charge in [0.2, 0.25) is 0 Å². The minimum atomic E-state index is -3.99. The van der Waals surface area contributed by atoms with Gasteiger partial charge in [-0.1, -0.05) is 13.8 Å². The molecular weight excluding hydrogens is 222 g/mol. The maximum absolute atomic E-state index is 13.7. The molecule has 0 aromatic rings. The zero-order chi connectivity index (χ0) is 13.0. The summed E-state index contributed by atoms with van der Waals surface area (Å²) in [5, 5.41) is 9.84. The van der Waals surface area contributed by atoms with Crippen LogP contribution in [0, 0.1) is 5.92 Å². The van der Waals surface area contributed by atoms with Crippen LogP contribution in [0.4, 0.5) is 8.78 Å². The van der Waals surface area contributed by atoms with Gasteiger partial charge in [-0.2, -0.15) is 8.78 Å². The molecule has 0 spiro atoms. The quantitative estimate of drug-likeness (QED) is 0.709. The summed E-state index contributed by atoms with van der Waals surface area (Å²) in [6.45, 7) is 3.36. The molecule has 0 aliphatic carbocycles. The van der Waals surface area contributed by atoms with Crippen LogP contribution in [0.3, 0.4) is 0 Å². The standard InChI is InChI=1S/C10H18F2O4/c1-5-16-8(13)10(11,12)9(14,6-15-4)7(2)3/h7,14H,5-6H2,1-4H3. The minimum Gasteiger partial charge on any atom is -0.461 e. The molecule has 0 aromatic carbocycles. The molecule has 1 atom stereocenters. The molecule has 0 saturated heterocycles. The van der Waals surface area contributed by atoms with Gasteiger partial charge in [0.1, 0.15) is 0 Å². The second kappa shape index (κ2) is 5.54. The summed E-state index contributed by atoms with van der Waals surface area (Å²) in [4.78, 5) is 11.1. The first kappa shape index (κ1) is 15.2. The summed E-state index contributed by atoms with van der Waals surface area (Å²) in [6, 6.07) is 0. The molecule has 0 heterocycles. The SMILES string of the molecule is CCOC(=O)C(F)(F)C(O)(COC)C(C)C. The molecule has 0 saturated carbocycles. The minimum absolute atomic E-state index is 0.171. The molecule has 96 valence electrons. The Balaban J connectivity index is 5.10. The molecule has 0 amide bonds. The van der Waals surface area contributed by atoms with Gasteiger partial charge in [0.25, 0.3) is 0 Å². The summed E-state index contributed by atoms with van der Waals surface area (Å²) < 4.78 is 36.2. The first-order chi connectivity index (χ1) is 7.24. The second-order valence-electron chi connectivity index (χ2n) is 3.81. The molecule has 0 bridgehead atoms. The number of esters is 1. The molecule has 16 heavy (non-hydrogen) atoms. The lowest BCUT2D eigenvalue weighted by atomic mass is 9.84. The molecule has 1 N–H and O–H groups in total. The fourth-order valence-electron chi connectivity index (χ4n) is 1.24. The number of hydrogen-bond donors (Lipinski definition) is 1. The van der Waals surface area contributed by atoms with Crippen LogP contribution in [0.25, 0.3) is 0 Å². The molecule has 0 fully saturated rings. The smallest absolute Gasteiger partial charge is 0.380 e. The third-order valence-corrected chi connectivity index (χ3v) is 2.40. The Morgan fingerprint density at radius 2 is 1.94 bits per heavy atom. The number of halogens is 2. The van der Waals surface area contributed by atoms with Crippen LogP contribution >= 0.6 is 0 Å². The number of carbonyl (C=O) groups excluding carboxylic acids is 1. The third-order valence-electron chi connectivity index (χ3n) is 2.40. The van der Waals surface area contributed by atoms with E-state index in [1.54, 1.807) is 0 Å². The van der Waals surface area contributed by atoms with Gasteiger partial charge in [-0.3, -0.25) is 0 Å². The van der Waals surface area contributed by atoms with Crippen LogP contribution in [0.5, 0.6) is 0 Å². The van der Waals surface area contributed by atoms with E-state index in [4.69, 9.17) is 0 Å². The molecule has 0 rings (SSSR count). The van der Waals surface area contributed by atoms with Crippen molar-refractivity contribution >= 4 is 5.97 Å². The molecule has 0 aromatic heterocycles. The van der Waals surface area contributed by atoms with Crippen LogP contribution in [-0.4, -0.2) is 42.9 Å². The van der Waals surface area contributed by atoms with E-state index in [0.717, 1.165) is 0 Å². The van der Waals surface area contributed by atoms with Crippen molar-refractivity contribution in [2.24, 2.45) is 5.92 Å². The highest BCUT2D eigenvalue weighted by Gasteiger charge is 2.61. The average Bonchev–Trinajstić information content (AvgIpc) is 2.17. The first-order valence-corrected chi connectivity index (χ1v) is 5.00. The van der Waals surface area contributed by atoms with Crippen LogP contribution in [0.15, 0.2) is 0 Å². The molecule has 0 radical (unpaired) electrons. The highest BCUT2D eigenvalue weighted by Crippen LogP contribution is 2.36. The lowest BCUT2D eigenvalue weighted by Crippen LogP contribution is -2.59. The normalized spacial score (nSPS) is 16.0. The molecule has 6 heteroatoms. The van der Waals surface area contributed by atoms with Crippen molar-refractivity contribution in [3.63, 3.8) is 0 Å². The average molecular weight is 240 g/mol. The van der Waals surface area contributed by atoms with Gasteiger partial charge >= 0.3 is 11.9 Å². The Hall–Kier alpha value is -0.750.